The van der Waals surface area contributed by atoms with Gasteiger partial charge in [-0.3, -0.25) is 4.79 Å². The summed E-state index contributed by atoms with van der Waals surface area (Å²) in [5, 5.41) is 0. The lowest BCUT2D eigenvalue weighted by atomic mass is 9.97. The van der Waals surface area contributed by atoms with Gasteiger partial charge in [0.15, 0.2) is 0 Å². The Balaban J connectivity index is 3.01. The summed E-state index contributed by atoms with van der Waals surface area (Å²) in [6, 6.07) is 10.3. The molecule has 118 valence electrons. The lowest BCUT2D eigenvalue weighted by molar-refractivity contribution is -0.138. The van der Waals surface area contributed by atoms with Crippen LogP contribution in [-0.2, 0) is 4.79 Å². The van der Waals surface area contributed by atoms with E-state index < -0.39 is 0 Å². The van der Waals surface area contributed by atoms with Gasteiger partial charge in [0.25, 0.3) is 0 Å². The SMILES string of the molecule is CCCCN(C(=O)C(C)C(C)N)C(CC)c1ccccc1. The van der Waals surface area contributed by atoms with Gasteiger partial charge >= 0.3 is 0 Å². The molecule has 0 fully saturated rings. The maximum absolute atomic E-state index is 12.8. The van der Waals surface area contributed by atoms with Crippen molar-refractivity contribution in [2.45, 2.75) is 59.0 Å². The van der Waals surface area contributed by atoms with Crippen LogP contribution >= 0.6 is 0 Å². The predicted octanol–water partition coefficient (Wildman–Crippen LogP) is 3.75. The summed E-state index contributed by atoms with van der Waals surface area (Å²) >= 11 is 0. The van der Waals surface area contributed by atoms with E-state index in [1.54, 1.807) is 0 Å². The summed E-state index contributed by atoms with van der Waals surface area (Å²) in [6.07, 6.45) is 3.04. The van der Waals surface area contributed by atoms with Gasteiger partial charge in [0.1, 0.15) is 0 Å². The van der Waals surface area contributed by atoms with Crippen molar-refractivity contribution in [1.29, 1.82) is 0 Å². The first-order valence-electron chi connectivity index (χ1n) is 8.13. The molecule has 1 aromatic rings. The van der Waals surface area contributed by atoms with E-state index in [1.807, 2.05) is 36.9 Å². The maximum atomic E-state index is 12.8. The predicted molar refractivity (Wildman–Crippen MR) is 88.9 cm³/mol. The van der Waals surface area contributed by atoms with Gasteiger partial charge in [-0.15, -0.1) is 0 Å². The molecule has 0 aliphatic carbocycles. The van der Waals surface area contributed by atoms with E-state index in [-0.39, 0.29) is 23.9 Å². The molecule has 1 aromatic carbocycles. The zero-order valence-electron chi connectivity index (χ0n) is 13.9. The van der Waals surface area contributed by atoms with E-state index in [1.165, 1.54) is 5.56 Å². The van der Waals surface area contributed by atoms with E-state index in [0.717, 1.165) is 25.8 Å². The van der Waals surface area contributed by atoms with Crippen LogP contribution in [0.15, 0.2) is 30.3 Å². The lowest BCUT2D eigenvalue weighted by Crippen LogP contribution is -2.43. The van der Waals surface area contributed by atoms with E-state index in [4.69, 9.17) is 5.73 Å². The summed E-state index contributed by atoms with van der Waals surface area (Å²) in [5.41, 5.74) is 7.15. The topological polar surface area (TPSA) is 46.3 Å². The number of nitrogens with zero attached hydrogens (tertiary/aromatic N) is 1. The Kier molecular flexibility index (Phi) is 7.44. The molecule has 21 heavy (non-hydrogen) atoms. The molecule has 1 rings (SSSR count). The molecule has 0 aliphatic heterocycles. The third kappa shape index (κ3) is 4.85. The number of carbonyl (C=O) groups is 1. The number of rotatable bonds is 8. The summed E-state index contributed by atoms with van der Waals surface area (Å²) < 4.78 is 0. The van der Waals surface area contributed by atoms with E-state index >= 15 is 0 Å². The zero-order valence-corrected chi connectivity index (χ0v) is 13.9. The van der Waals surface area contributed by atoms with E-state index in [0.29, 0.717) is 0 Å². The fourth-order valence-electron chi connectivity index (χ4n) is 2.55. The fourth-order valence-corrected chi connectivity index (χ4v) is 2.55. The smallest absolute Gasteiger partial charge is 0.227 e. The Morgan fingerprint density at radius 2 is 1.81 bits per heavy atom. The first kappa shape index (κ1) is 17.7. The molecule has 3 unspecified atom stereocenters. The third-order valence-electron chi connectivity index (χ3n) is 4.16. The third-order valence-corrected chi connectivity index (χ3v) is 4.16. The standard InChI is InChI=1S/C18H30N2O/c1-5-7-13-20(18(21)14(3)15(4)19)17(6-2)16-11-9-8-10-12-16/h8-12,14-15,17H,5-7,13,19H2,1-4H3. The van der Waals surface area contributed by atoms with Crippen molar-refractivity contribution >= 4 is 5.91 Å². The van der Waals surface area contributed by atoms with Crippen LogP contribution in [0.25, 0.3) is 0 Å². The second kappa shape index (κ2) is 8.83. The van der Waals surface area contributed by atoms with Crippen LogP contribution in [0, 0.1) is 5.92 Å². The molecular formula is C18H30N2O. The summed E-state index contributed by atoms with van der Waals surface area (Å²) in [6.45, 7) is 8.94. The number of hydrogen-bond donors (Lipinski definition) is 1. The first-order valence-corrected chi connectivity index (χ1v) is 8.13. The zero-order chi connectivity index (χ0) is 15.8. The largest absolute Gasteiger partial charge is 0.335 e. The molecule has 0 saturated carbocycles. The first-order chi connectivity index (χ1) is 10.0. The van der Waals surface area contributed by atoms with Crippen molar-refractivity contribution < 1.29 is 4.79 Å². The van der Waals surface area contributed by atoms with Gasteiger partial charge in [0, 0.05) is 12.6 Å². The average Bonchev–Trinajstić information content (AvgIpc) is 2.50. The second-order valence-corrected chi connectivity index (χ2v) is 5.87. The molecule has 3 atom stereocenters. The molecule has 0 heterocycles. The van der Waals surface area contributed by atoms with Gasteiger partial charge < -0.3 is 10.6 Å². The molecule has 0 spiro atoms. The Morgan fingerprint density at radius 3 is 2.29 bits per heavy atom. The number of nitrogens with two attached hydrogens (primary N) is 1. The minimum atomic E-state index is -0.139. The number of benzene rings is 1. The monoisotopic (exact) mass is 290 g/mol. The molecule has 0 saturated heterocycles. The average molecular weight is 290 g/mol. The van der Waals surface area contributed by atoms with Gasteiger partial charge in [0.2, 0.25) is 5.91 Å². The quantitative estimate of drug-likeness (QED) is 0.792. The van der Waals surface area contributed by atoms with Gasteiger partial charge in [-0.2, -0.15) is 0 Å². The number of amides is 1. The van der Waals surface area contributed by atoms with E-state index in [9.17, 15) is 4.79 Å². The summed E-state index contributed by atoms with van der Waals surface area (Å²) in [5.74, 6) is 0.0359. The molecule has 2 N–H and O–H groups in total. The fraction of sp³-hybridized carbons (Fsp3) is 0.611. The van der Waals surface area contributed by atoms with Gasteiger partial charge in [-0.1, -0.05) is 57.5 Å². The molecule has 0 bridgehead atoms. The van der Waals surface area contributed by atoms with Crippen LogP contribution in [0.5, 0.6) is 0 Å². The Hall–Kier alpha value is -1.35. The normalized spacial score (nSPS) is 15.3. The van der Waals surface area contributed by atoms with Gasteiger partial charge in [-0.25, -0.2) is 0 Å². The van der Waals surface area contributed by atoms with Crippen molar-refractivity contribution in [3.63, 3.8) is 0 Å². The van der Waals surface area contributed by atoms with Crippen molar-refractivity contribution in [2.24, 2.45) is 11.7 Å². The van der Waals surface area contributed by atoms with Crippen molar-refractivity contribution in [3.05, 3.63) is 35.9 Å². The number of carbonyl (C=O) groups excluding carboxylic acids is 1. The number of hydrogen-bond acceptors (Lipinski definition) is 2. The molecule has 0 aliphatic rings. The molecule has 0 aromatic heterocycles. The molecule has 1 amide bonds. The molecule has 3 heteroatoms. The van der Waals surface area contributed by atoms with Crippen LogP contribution in [0.2, 0.25) is 0 Å². The van der Waals surface area contributed by atoms with Crippen molar-refractivity contribution in [3.8, 4) is 0 Å². The molecule has 3 nitrogen and oxygen atoms in total. The molecular weight excluding hydrogens is 260 g/mol. The summed E-state index contributed by atoms with van der Waals surface area (Å²) in [4.78, 5) is 14.8. The summed E-state index contributed by atoms with van der Waals surface area (Å²) in [7, 11) is 0. The minimum absolute atomic E-state index is 0.116. The maximum Gasteiger partial charge on any atom is 0.227 e. The van der Waals surface area contributed by atoms with Crippen LogP contribution in [0.3, 0.4) is 0 Å². The Labute approximate surface area is 129 Å². The van der Waals surface area contributed by atoms with Gasteiger partial charge in [0.05, 0.1) is 12.0 Å². The second-order valence-electron chi connectivity index (χ2n) is 5.87. The lowest BCUT2D eigenvalue weighted by Gasteiger charge is -2.34. The highest BCUT2D eigenvalue weighted by atomic mass is 16.2. The Morgan fingerprint density at radius 1 is 1.19 bits per heavy atom. The van der Waals surface area contributed by atoms with Crippen molar-refractivity contribution in [1.82, 2.24) is 4.90 Å². The highest BCUT2D eigenvalue weighted by Crippen LogP contribution is 2.26. The van der Waals surface area contributed by atoms with Crippen LogP contribution < -0.4 is 5.73 Å². The highest BCUT2D eigenvalue weighted by Gasteiger charge is 2.28. The highest BCUT2D eigenvalue weighted by molar-refractivity contribution is 5.79. The van der Waals surface area contributed by atoms with Crippen LogP contribution in [0.4, 0.5) is 0 Å². The van der Waals surface area contributed by atoms with Crippen LogP contribution in [0.1, 0.15) is 58.6 Å². The van der Waals surface area contributed by atoms with Gasteiger partial charge in [-0.05, 0) is 25.3 Å². The molecule has 0 radical (unpaired) electrons. The van der Waals surface area contributed by atoms with Crippen molar-refractivity contribution in [2.75, 3.05) is 6.54 Å². The number of unbranched alkanes of at least 4 members (excludes halogenated alkanes) is 1. The van der Waals surface area contributed by atoms with Crippen LogP contribution in [-0.4, -0.2) is 23.4 Å². The Bertz CT molecular complexity index is 416. The van der Waals surface area contributed by atoms with E-state index in [2.05, 4.69) is 26.0 Å². The minimum Gasteiger partial charge on any atom is -0.335 e.